The van der Waals surface area contributed by atoms with Crippen LogP contribution in [0.2, 0.25) is 5.02 Å². The van der Waals surface area contributed by atoms with E-state index in [-0.39, 0.29) is 18.2 Å². The minimum Gasteiger partial charge on any atom is -0.495 e. The van der Waals surface area contributed by atoms with Crippen molar-refractivity contribution < 1.29 is 19.1 Å². The van der Waals surface area contributed by atoms with Crippen LogP contribution in [0.4, 0.5) is 5.69 Å². The Morgan fingerprint density at radius 2 is 1.81 bits per heavy atom. The molecule has 0 unspecified atom stereocenters. The number of aromatic nitrogens is 1. The smallest absolute Gasteiger partial charge is 0.271 e. The van der Waals surface area contributed by atoms with Crippen LogP contribution in [0.15, 0.2) is 41.8 Å². The third-order valence-corrected chi connectivity index (χ3v) is 3.75. The molecular weight excluding hydrogens is 372 g/mol. The molecule has 9 heteroatoms. The Balaban J connectivity index is 1.99. The summed E-state index contributed by atoms with van der Waals surface area (Å²) in [5, 5.41) is 7.01. The van der Waals surface area contributed by atoms with Gasteiger partial charge in [-0.3, -0.25) is 14.6 Å². The number of methoxy groups -OCH3 is 2. The van der Waals surface area contributed by atoms with Crippen LogP contribution in [0.3, 0.4) is 0 Å². The van der Waals surface area contributed by atoms with Gasteiger partial charge in [-0.2, -0.15) is 5.10 Å². The highest BCUT2D eigenvalue weighted by atomic mass is 35.5. The van der Waals surface area contributed by atoms with Crippen LogP contribution < -0.4 is 20.2 Å². The lowest BCUT2D eigenvalue weighted by Crippen LogP contribution is -2.21. The molecular formula is C18H19ClN4O4. The van der Waals surface area contributed by atoms with E-state index in [1.54, 1.807) is 31.2 Å². The number of carbonyl (C=O) groups excluding carboxylic acids is 2. The van der Waals surface area contributed by atoms with Gasteiger partial charge in [-0.25, -0.2) is 5.43 Å². The standard InChI is InChI=1S/C18H19ClN4O4/c1-11(22-23-18(25)12-4-6-20-7-5-12)8-17(24)21-14-10-15(26-2)13(19)9-16(14)27-3/h4-7,9-10H,8H2,1-3H3,(H,21,24)(H,23,25)/b22-11-. The van der Waals surface area contributed by atoms with Gasteiger partial charge in [-0.05, 0) is 19.1 Å². The molecule has 2 aromatic rings. The summed E-state index contributed by atoms with van der Waals surface area (Å²) >= 11 is 6.04. The Kier molecular flexibility index (Phi) is 7.13. The molecule has 2 rings (SSSR count). The summed E-state index contributed by atoms with van der Waals surface area (Å²) in [7, 11) is 2.94. The molecule has 1 heterocycles. The van der Waals surface area contributed by atoms with Gasteiger partial charge in [-0.1, -0.05) is 11.6 Å². The number of ether oxygens (including phenoxy) is 2. The van der Waals surface area contributed by atoms with Gasteiger partial charge >= 0.3 is 0 Å². The SMILES string of the molecule is COc1cc(NC(=O)C/C(C)=N\NC(=O)c2ccncc2)c(OC)cc1Cl. The van der Waals surface area contributed by atoms with Crippen LogP contribution in [0.1, 0.15) is 23.7 Å². The summed E-state index contributed by atoms with van der Waals surface area (Å²) in [6.45, 7) is 1.63. The fourth-order valence-corrected chi connectivity index (χ4v) is 2.37. The fourth-order valence-electron chi connectivity index (χ4n) is 2.14. The molecule has 0 saturated heterocycles. The second-order valence-corrected chi connectivity index (χ2v) is 5.84. The zero-order valence-corrected chi connectivity index (χ0v) is 15.8. The number of hydrogen-bond acceptors (Lipinski definition) is 6. The summed E-state index contributed by atoms with van der Waals surface area (Å²) < 4.78 is 10.4. The summed E-state index contributed by atoms with van der Waals surface area (Å²) in [6, 6.07) is 6.24. The van der Waals surface area contributed by atoms with Gasteiger partial charge in [0.25, 0.3) is 5.91 Å². The topological polar surface area (TPSA) is 102 Å². The molecule has 2 N–H and O–H groups in total. The van der Waals surface area contributed by atoms with Gasteiger partial charge in [0.1, 0.15) is 11.5 Å². The number of hydrazone groups is 1. The predicted molar refractivity (Wildman–Crippen MR) is 103 cm³/mol. The van der Waals surface area contributed by atoms with E-state index in [2.05, 4.69) is 20.8 Å². The maximum Gasteiger partial charge on any atom is 0.271 e. The quantitative estimate of drug-likeness (QED) is 0.559. The van der Waals surface area contributed by atoms with Crippen LogP contribution in [0.25, 0.3) is 0 Å². The van der Waals surface area contributed by atoms with Crippen molar-refractivity contribution in [2.75, 3.05) is 19.5 Å². The number of rotatable bonds is 7. The molecule has 0 aliphatic carbocycles. The number of anilines is 1. The first-order valence-electron chi connectivity index (χ1n) is 7.89. The van der Waals surface area contributed by atoms with E-state index in [1.165, 1.54) is 26.6 Å². The first-order valence-corrected chi connectivity index (χ1v) is 8.27. The van der Waals surface area contributed by atoms with Crippen LogP contribution >= 0.6 is 11.6 Å². The zero-order valence-electron chi connectivity index (χ0n) is 15.1. The van der Waals surface area contributed by atoms with Crippen molar-refractivity contribution in [1.82, 2.24) is 10.4 Å². The molecule has 8 nitrogen and oxygen atoms in total. The Morgan fingerprint density at radius 3 is 2.44 bits per heavy atom. The number of pyridine rings is 1. The molecule has 1 aromatic carbocycles. The zero-order chi connectivity index (χ0) is 19.8. The first-order chi connectivity index (χ1) is 12.9. The summed E-state index contributed by atoms with van der Waals surface area (Å²) in [5.74, 6) is 0.0795. The largest absolute Gasteiger partial charge is 0.495 e. The van der Waals surface area contributed by atoms with Crippen molar-refractivity contribution in [3.8, 4) is 11.5 Å². The Labute approximate surface area is 161 Å². The number of benzene rings is 1. The molecule has 0 aliphatic heterocycles. The van der Waals surface area contributed by atoms with Crippen LogP contribution in [-0.4, -0.2) is 36.7 Å². The lowest BCUT2D eigenvalue weighted by atomic mass is 10.2. The summed E-state index contributed by atoms with van der Waals surface area (Å²) in [4.78, 5) is 28.0. The van der Waals surface area contributed by atoms with Gasteiger partial charge in [-0.15, -0.1) is 0 Å². The third kappa shape index (κ3) is 5.68. The number of carbonyl (C=O) groups is 2. The maximum absolute atomic E-state index is 12.2. The predicted octanol–water partition coefficient (Wildman–Crippen LogP) is 2.89. The van der Waals surface area contributed by atoms with E-state index in [1.807, 2.05) is 0 Å². The molecule has 2 amide bonds. The highest BCUT2D eigenvalue weighted by molar-refractivity contribution is 6.32. The molecule has 142 valence electrons. The third-order valence-electron chi connectivity index (χ3n) is 3.46. The van der Waals surface area contributed by atoms with Crippen molar-refractivity contribution in [3.05, 3.63) is 47.2 Å². The molecule has 1 aromatic heterocycles. The summed E-state index contributed by atoms with van der Waals surface area (Å²) in [5.41, 5.74) is 3.66. The molecule has 0 aliphatic rings. The number of halogens is 1. The molecule has 0 bridgehead atoms. The minimum absolute atomic E-state index is 0.0231. The molecule has 0 spiro atoms. The number of nitrogens with one attached hydrogen (secondary N) is 2. The number of nitrogens with zero attached hydrogens (tertiary/aromatic N) is 2. The van der Waals surface area contributed by atoms with Crippen LogP contribution in [0.5, 0.6) is 11.5 Å². The van der Waals surface area contributed by atoms with Crippen molar-refractivity contribution in [1.29, 1.82) is 0 Å². The second kappa shape index (κ2) is 9.54. The number of amides is 2. The Bertz CT molecular complexity index is 856. The summed E-state index contributed by atoms with van der Waals surface area (Å²) in [6.07, 6.45) is 2.99. The van der Waals surface area contributed by atoms with Gasteiger partial charge in [0, 0.05) is 35.8 Å². The van der Waals surface area contributed by atoms with E-state index in [9.17, 15) is 9.59 Å². The maximum atomic E-state index is 12.2. The van der Waals surface area contributed by atoms with Crippen molar-refractivity contribution >= 4 is 34.8 Å². The lowest BCUT2D eigenvalue weighted by molar-refractivity contribution is -0.115. The van der Waals surface area contributed by atoms with Gasteiger partial charge in [0.05, 0.1) is 31.4 Å². The monoisotopic (exact) mass is 390 g/mol. The minimum atomic E-state index is -0.388. The van der Waals surface area contributed by atoms with E-state index < -0.39 is 0 Å². The van der Waals surface area contributed by atoms with E-state index in [0.717, 1.165) is 0 Å². The molecule has 0 radical (unpaired) electrons. The van der Waals surface area contributed by atoms with E-state index >= 15 is 0 Å². The van der Waals surface area contributed by atoms with Crippen molar-refractivity contribution in [2.45, 2.75) is 13.3 Å². The number of hydrogen-bond donors (Lipinski definition) is 2. The molecule has 27 heavy (non-hydrogen) atoms. The highest BCUT2D eigenvalue weighted by Crippen LogP contribution is 2.35. The van der Waals surface area contributed by atoms with Gasteiger partial charge in [0.2, 0.25) is 5.91 Å². The molecule has 0 atom stereocenters. The van der Waals surface area contributed by atoms with Gasteiger partial charge in [0.15, 0.2) is 0 Å². The van der Waals surface area contributed by atoms with Crippen molar-refractivity contribution in [2.24, 2.45) is 5.10 Å². The Morgan fingerprint density at radius 1 is 1.15 bits per heavy atom. The van der Waals surface area contributed by atoms with Crippen LogP contribution in [-0.2, 0) is 4.79 Å². The molecule has 0 saturated carbocycles. The lowest BCUT2D eigenvalue weighted by Gasteiger charge is -2.13. The van der Waals surface area contributed by atoms with E-state index in [0.29, 0.717) is 33.5 Å². The fraction of sp³-hybridized carbons (Fsp3) is 0.222. The first kappa shape index (κ1) is 20.2. The highest BCUT2D eigenvalue weighted by Gasteiger charge is 2.13. The normalized spacial score (nSPS) is 10.9. The second-order valence-electron chi connectivity index (χ2n) is 5.44. The van der Waals surface area contributed by atoms with E-state index in [4.69, 9.17) is 21.1 Å². The van der Waals surface area contributed by atoms with Gasteiger partial charge < -0.3 is 14.8 Å². The molecule has 0 fully saturated rings. The van der Waals surface area contributed by atoms with Crippen LogP contribution in [0, 0.1) is 0 Å². The average molecular weight is 391 g/mol. The average Bonchev–Trinajstić information content (AvgIpc) is 2.67. The van der Waals surface area contributed by atoms with Crippen molar-refractivity contribution in [3.63, 3.8) is 0 Å². The Hall–Kier alpha value is -3.13.